The molecule has 22 heavy (non-hydrogen) atoms. The van der Waals surface area contributed by atoms with Crippen LogP contribution in [0.4, 0.5) is 0 Å². The van der Waals surface area contributed by atoms with Gasteiger partial charge < -0.3 is 15.4 Å². The van der Waals surface area contributed by atoms with Crippen molar-refractivity contribution in [1.29, 1.82) is 0 Å². The fraction of sp³-hybridized carbons (Fsp3) is 0.786. The lowest BCUT2D eigenvalue weighted by atomic mass is 10.1. The topological polar surface area (TPSA) is 81.1 Å². The van der Waals surface area contributed by atoms with E-state index < -0.39 is 0 Å². The van der Waals surface area contributed by atoms with E-state index in [1.807, 2.05) is 4.68 Å². The zero-order valence-electron chi connectivity index (χ0n) is 13.4. The van der Waals surface area contributed by atoms with Gasteiger partial charge in [0.15, 0.2) is 5.69 Å². The van der Waals surface area contributed by atoms with Crippen LogP contribution in [0, 0.1) is 5.92 Å². The molecule has 1 atom stereocenters. The highest BCUT2D eigenvalue weighted by Gasteiger charge is 2.21. The molecule has 0 bridgehead atoms. The van der Waals surface area contributed by atoms with Crippen molar-refractivity contribution in [1.82, 2.24) is 25.6 Å². The van der Waals surface area contributed by atoms with Gasteiger partial charge in [0.25, 0.3) is 5.91 Å². The summed E-state index contributed by atoms with van der Waals surface area (Å²) in [5.74, 6) is 0.110. The number of piperidine rings is 1. The summed E-state index contributed by atoms with van der Waals surface area (Å²) in [6.07, 6.45) is 3.78. The first-order chi connectivity index (χ1) is 10.1. The Balaban J connectivity index is 0.00000242. The Kier molecular flexibility index (Phi) is 7.78. The number of nitrogens with one attached hydrogen (secondary N) is 2. The molecule has 2 heterocycles. The standard InChI is InChI=1S/C14H25N5O2.ClH/c1-10(2)13(9-21-3)16-14(20)12-8-19(18-17-12)11-4-6-15-7-5-11;/h8,10-11,13,15H,4-7,9H2,1-3H3,(H,16,20);1H. The maximum Gasteiger partial charge on any atom is 0.273 e. The number of aromatic nitrogens is 3. The zero-order valence-corrected chi connectivity index (χ0v) is 14.2. The Hall–Kier alpha value is -1.18. The van der Waals surface area contributed by atoms with Gasteiger partial charge in [-0.1, -0.05) is 19.1 Å². The largest absolute Gasteiger partial charge is 0.383 e. The Labute approximate surface area is 137 Å². The van der Waals surface area contributed by atoms with Crippen LogP contribution in [0.5, 0.6) is 0 Å². The second-order valence-electron chi connectivity index (χ2n) is 5.84. The quantitative estimate of drug-likeness (QED) is 0.813. The van der Waals surface area contributed by atoms with E-state index >= 15 is 0 Å². The van der Waals surface area contributed by atoms with E-state index in [0.29, 0.717) is 24.3 Å². The van der Waals surface area contributed by atoms with Crippen LogP contribution in [0.25, 0.3) is 0 Å². The van der Waals surface area contributed by atoms with Gasteiger partial charge in [0, 0.05) is 7.11 Å². The summed E-state index contributed by atoms with van der Waals surface area (Å²) < 4.78 is 6.96. The molecule has 1 aliphatic heterocycles. The van der Waals surface area contributed by atoms with Crippen molar-refractivity contribution in [3.8, 4) is 0 Å². The van der Waals surface area contributed by atoms with Crippen LogP contribution in [0.1, 0.15) is 43.2 Å². The molecule has 0 aliphatic carbocycles. The summed E-state index contributed by atoms with van der Waals surface area (Å²) in [7, 11) is 1.63. The Bertz CT molecular complexity index is 460. The fourth-order valence-corrected chi connectivity index (χ4v) is 2.45. The molecule has 2 N–H and O–H groups in total. The molecule has 0 radical (unpaired) electrons. The van der Waals surface area contributed by atoms with Crippen LogP contribution < -0.4 is 10.6 Å². The number of rotatable bonds is 6. The minimum atomic E-state index is -0.189. The lowest BCUT2D eigenvalue weighted by Gasteiger charge is -2.22. The normalized spacial score (nSPS) is 17.1. The van der Waals surface area contributed by atoms with Crippen molar-refractivity contribution in [2.24, 2.45) is 5.92 Å². The summed E-state index contributed by atoms with van der Waals surface area (Å²) in [4.78, 5) is 12.2. The molecule has 0 aromatic carbocycles. The average Bonchev–Trinajstić information content (AvgIpc) is 2.97. The van der Waals surface area contributed by atoms with Crippen LogP contribution in [0.15, 0.2) is 6.20 Å². The predicted octanol–water partition coefficient (Wildman–Crippen LogP) is 1.03. The van der Waals surface area contributed by atoms with Gasteiger partial charge >= 0.3 is 0 Å². The van der Waals surface area contributed by atoms with E-state index in [4.69, 9.17) is 4.74 Å². The minimum absolute atomic E-state index is 0. The van der Waals surface area contributed by atoms with Crippen molar-refractivity contribution < 1.29 is 9.53 Å². The first-order valence-electron chi connectivity index (χ1n) is 7.54. The van der Waals surface area contributed by atoms with Crippen LogP contribution >= 0.6 is 12.4 Å². The Morgan fingerprint density at radius 3 is 2.77 bits per heavy atom. The lowest BCUT2D eigenvalue weighted by molar-refractivity contribution is 0.0861. The monoisotopic (exact) mass is 331 g/mol. The molecule has 1 fully saturated rings. The van der Waals surface area contributed by atoms with Crippen molar-refractivity contribution >= 4 is 18.3 Å². The van der Waals surface area contributed by atoms with Gasteiger partial charge in [-0.15, -0.1) is 17.5 Å². The van der Waals surface area contributed by atoms with Gasteiger partial charge in [-0.3, -0.25) is 4.79 Å². The Morgan fingerprint density at radius 1 is 1.50 bits per heavy atom. The van der Waals surface area contributed by atoms with E-state index in [-0.39, 0.29) is 24.4 Å². The molecule has 1 amide bonds. The molecular weight excluding hydrogens is 306 g/mol. The molecule has 1 unspecified atom stereocenters. The Morgan fingerprint density at radius 2 is 2.18 bits per heavy atom. The highest BCUT2D eigenvalue weighted by Crippen LogP contribution is 2.17. The maximum atomic E-state index is 12.2. The van der Waals surface area contributed by atoms with Crippen LogP contribution in [-0.4, -0.2) is 53.7 Å². The number of hydrogen-bond donors (Lipinski definition) is 2. The molecule has 126 valence electrons. The molecular formula is C14H26ClN5O2. The molecule has 7 nitrogen and oxygen atoms in total. The van der Waals surface area contributed by atoms with E-state index in [1.165, 1.54) is 0 Å². The smallest absolute Gasteiger partial charge is 0.273 e. The average molecular weight is 332 g/mol. The first kappa shape index (κ1) is 18.9. The third-order valence-electron chi connectivity index (χ3n) is 3.89. The highest BCUT2D eigenvalue weighted by molar-refractivity contribution is 5.92. The van der Waals surface area contributed by atoms with E-state index in [2.05, 4.69) is 34.8 Å². The maximum absolute atomic E-state index is 12.2. The molecule has 1 saturated heterocycles. The van der Waals surface area contributed by atoms with E-state index in [1.54, 1.807) is 13.3 Å². The molecule has 1 aliphatic rings. The summed E-state index contributed by atoms with van der Waals surface area (Å²) in [6, 6.07) is 0.312. The summed E-state index contributed by atoms with van der Waals surface area (Å²) in [6.45, 7) is 6.56. The fourth-order valence-electron chi connectivity index (χ4n) is 2.45. The SMILES string of the molecule is COCC(NC(=O)c1cn(C2CCNCC2)nn1)C(C)C.Cl. The van der Waals surface area contributed by atoms with Crippen molar-refractivity contribution in [2.45, 2.75) is 38.8 Å². The molecule has 8 heteroatoms. The molecule has 1 aromatic heterocycles. The third-order valence-corrected chi connectivity index (χ3v) is 3.89. The number of carbonyl (C=O) groups is 1. The molecule has 0 spiro atoms. The van der Waals surface area contributed by atoms with Gasteiger partial charge in [-0.2, -0.15) is 0 Å². The van der Waals surface area contributed by atoms with Crippen LogP contribution in [0.2, 0.25) is 0 Å². The number of carbonyl (C=O) groups excluding carboxylic acids is 1. The number of nitrogens with zero attached hydrogens (tertiary/aromatic N) is 3. The third kappa shape index (κ3) is 4.93. The second kappa shape index (κ2) is 9.07. The van der Waals surface area contributed by atoms with Gasteiger partial charge in [-0.25, -0.2) is 4.68 Å². The number of ether oxygens (including phenoxy) is 1. The summed E-state index contributed by atoms with van der Waals surface area (Å²) in [5, 5.41) is 14.4. The van der Waals surface area contributed by atoms with E-state index in [9.17, 15) is 4.79 Å². The van der Waals surface area contributed by atoms with Crippen LogP contribution in [-0.2, 0) is 4.74 Å². The minimum Gasteiger partial charge on any atom is -0.383 e. The molecule has 2 rings (SSSR count). The van der Waals surface area contributed by atoms with Gasteiger partial charge in [-0.05, 0) is 31.8 Å². The predicted molar refractivity (Wildman–Crippen MR) is 86.4 cm³/mol. The van der Waals surface area contributed by atoms with Crippen molar-refractivity contribution in [3.63, 3.8) is 0 Å². The van der Waals surface area contributed by atoms with Gasteiger partial charge in [0.05, 0.1) is 24.9 Å². The van der Waals surface area contributed by atoms with Crippen LogP contribution in [0.3, 0.4) is 0 Å². The number of methoxy groups -OCH3 is 1. The molecule has 1 aromatic rings. The molecule has 0 saturated carbocycles. The summed E-state index contributed by atoms with van der Waals surface area (Å²) in [5.41, 5.74) is 0.371. The first-order valence-corrected chi connectivity index (χ1v) is 7.54. The number of amides is 1. The highest BCUT2D eigenvalue weighted by atomic mass is 35.5. The van der Waals surface area contributed by atoms with Gasteiger partial charge in [0.1, 0.15) is 0 Å². The second-order valence-corrected chi connectivity index (χ2v) is 5.84. The summed E-state index contributed by atoms with van der Waals surface area (Å²) >= 11 is 0. The van der Waals surface area contributed by atoms with Crippen molar-refractivity contribution in [3.05, 3.63) is 11.9 Å². The lowest BCUT2D eigenvalue weighted by Crippen LogP contribution is -2.41. The van der Waals surface area contributed by atoms with Crippen molar-refractivity contribution in [2.75, 3.05) is 26.8 Å². The van der Waals surface area contributed by atoms with Gasteiger partial charge in [0.2, 0.25) is 0 Å². The number of hydrogen-bond acceptors (Lipinski definition) is 5. The van der Waals surface area contributed by atoms with E-state index in [0.717, 1.165) is 25.9 Å². The zero-order chi connectivity index (χ0) is 15.2. The number of halogens is 1.